The highest BCUT2D eigenvalue weighted by atomic mass is 31.2. The molecule has 346 valence electrons. The van der Waals surface area contributed by atoms with E-state index in [1.807, 2.05) is 0 Å². The molecule has 0 heterocycles. The minimum atomic E-state index is -4.34. The van der Waals surface area contributed by atoms with Crippen LogP contribution >= 0.6 is 7.82 Å². The molecule has 0 spiro atoms. The molecule has 0 amide bonds. The first-order valence-electron chi connectivity index (χ1n) is 25.0. The van der Waals surface area contributed by atoms with E-state index >= 15 is 0 Å². The molecule has 0 bridgehead atoms. The fourth-order valence-corrected chi connectivity index (χ4v) is 8.19. The normalized spacial score (nSPS) is 13.1. The summed E-state index contributed by atoms with van der Waals surface area (Å²) in [6.45, 7) is 4.29. The average molecular weight is 846 g/mol. The Labute approximate surface area is 359 Å². The van der Waals surface area contributed by atoms with Gasteiger partial charge in [-0.2, -0.15) is 0 Å². The molecule has 0 aromatic rings. The standard InChI is InChI=1S/C48H96NO8P/c1-4-6-8-10-12-14-16-18-20-21-22-23-24-25-27-28-30-32-34-36-38-40-47(50)54-44-46(45-56-58(52,53)55-43-42-49-3)57-48(51)41-39-37-35-33-31-29-26-19-17-15-13-11-9-7-5-2/h46,49H,4-45H2,1-3H3,(H,52,53). The van der Waals surface area contributed by atoms with Gasteiger partial charge in [0.2, 0.25) is 0 Å². The van der Waals surface area contributed by atoms with Crippen molar-refractivity contribution in [3.05, 3.63) is 0 Å². The summed E-state index contributed by atoms with van der Waals surface area (Å²) in [6, 6.07) is 0. The van der Waals surface area contributed by atoms with Crippen LogP contribution in [0.5, 0.6) is 0 Å². The Kier molecular flexibility index (Phi) is 44.8. The smallest absolute Gasteiger partial charge is 0.462 e. The van der Waals surface area contributed by atoms with Crippen molar-refractivity contribution in [2.45, 2.75) is 264 Å². The second kappa shape index (κ2) is 45.5. The first-order valence-corrected chi connectivity index (χ1v) is 26.5. The molecular weight excluding hydrogens is 750 g/mol. The Balaban J connectivity index is 4.05. The SMILES string of the molecule is CCCCCCCCCCCCCCCCCCCCCCCC(=O)OCC(COP(=O)(O)OCCNC)OC(=O)CCCCCCCCCCCCCCCCC. The molecule has 0 fully saturated rings. The number of esters is 2. The number of carbonyl (C=O) groups excluding carboxylic acids is 2. The number of hydrogen-bond acceptors (Lipinski definition) is 8. The summed E-state index contributed by atoms with van der Waals surface area (Å²) in [5, 5.41) is 2.83. The van der Waals surface area contributed by atoms with Crippen LogP contribution in [0.3, 0.4) is 0 Å². The summed E-state index contributed by atoms with van der Waals surface area (Å²) < 4.78 is 33.3. The molecule has 2 atom stereocenters. The lowest BCUT2D eigenvalue weighted by molar-refractivity contribution is -0.161. The monoisotopic (exact) mass is 846 g/mol. The van der Waals surface area contributed by atoms with E-state index in [2.05, 4.69) is 19.2 Å². The van der Waals surface area contributed by atoms with Gasteiger partial charge >= 0.3 is 19.8 Å². The highest BCUT2D eigenvalue weighted by Crippen LogP contribution is 2.43. The Morgan fingerprint density at radius 3 is 1.10 bits per heavy atom. The molecule has 0 aliphatic heterocycles. The predicted molar refractivity (Wildman–Crippen MR) is 243 cm³/mol. The van der Waals surface area contributed by atoms with Crippen LogP contribution in [0.1, 0.15) is 258 Å². The Morgan fingerprint density at radius 2 is 0.776 bits per heavy atom. The highest BCUT2D eigenvalue weighted by molar-refractivity contribution is 7.47. The molecule has 2 N–H and O–H groups in total. The Morgan fingerprint density at radius 1 is 0.466 bits per heavy atom. The van der Waals surface area contributed by atoms with Crippen LogP contribution in [0, 0.1) is 0 Å². The van der Waals surface area contributed by atoms with Gasteiger partial charge in [-0.25, -0.2) is 4.57 Å². The zero-order chi connectivity index (χ0) is 42.5. The maximum atomic E-state index is 12.7. The van der Waals surface area contributed by atoms with Crippen LogP contribution in [-0.4, -0.2) is 56.3 Å². The van der Waals surface area contributed by atoms with Gasteiger partial charge in [0.15, 0.2) is 6.10 Å². The van der Waals surface area contributed by atoms with Gasteiger partial charge in [-0.1, -0.05) is 232 Å². The largest absolute Gasteiger partial charge is 0.472 e. The molecule has 0 aromatic heterocycles. The molecule has 0 radical (unpaired) electrons. The molecule has 0 rings (SSSR count). The number of rotatable bonds is 48. The van der Waals surface area contributed by atoms with Crippen molar-refractivity contribution >= 4 is 19.8 Å². The minimum absolute atomic E-state index is 0.0115. The van der Waals surface area contributed by atoms with Gasteiger partial charge in [-0.15, -0.1) is 0 Å². The van der Waals surface area contributed by atoms with Gasteiger partial charge in [0, 0.05) is 19.4 Å². The van der Waals surface area contributed by atoms with Crippen LogP contribution in [0.25, 0.3) is 0 Å². The van der Waals surface area contributed by atoms with Gasteiger partial charge in [0.25, 0.3) is 0 Å². The van der Waals surface area contributed by atoms with E-state index in [9.17, 15) is 19.0 Å². The lowest BCUT2D eigenvalue weighted by Crippen LogP contribution is -2.29. The van der Waals surface area contributed by atoms with E-state index < -0.39 is 26.5 Å². The fraction of sp³-hybridized carbons (Fsp3) is 0.958. The molecule has 0 saturated heterocycles. The Bertz CT molecular complexity index is 922. The second-order valence-corrected chi connectivity index (χ2v) is 18.5. The molecule has 9 nitrogen and oxygen atoms in total. The first-order chi connectivity index (χ1) is 28.3. The van der Waals surface area contributed by atoms with E-state index in [0.29, 0.717) is 13.0 Å². The van der Waals surface area contributed by atoms with Crippen LogP contribution < -0.4 is 5.32 Å². The second-order valence-electron chi connectivity index (χ2n) is 17.0. The van der Waals surface area contributed by atoms with Gasteiger partial charge in [0.05, 0.1) is 13.2 Å². The number of likely N-dealkylation sites (N-methyl/N-ethyl adjacent to an activating group) is 1. The van der Waals surface area contributed by atoms with Gasteiger partial charge in [-0.05, 0) is 19.9 Å². The number of carbonyl (C=O) groups is 2. The van der Waals surface area contributed by atoms with E-state index in [1.54, 1.807) is 7.05 Å². The molecule has 0 aromatic carbocycles. The quantitative estimate of drug-likeness (QED) is 0.0350. The van der Waals surface area contributed by atoms with Crippen molar-refractivity contribution in [3.63, 3.8) is 0 Å². The highest BCUT2D eigenvalue weighted by Gasteiger charge is 2.26. The molecule has 0 aliphatic carbocycles. The van der Waals surface area contributed by atoms with Gasteiger partial charge < -0.3 is 19.7 Å². The molecule has 0 saturated carbocycles. The molecule has 10 heteroatoms. The summed E-state index contributed by atoms with van der Waals surface area (Å²) in [4.78, 5) is 35.2. The van der Waals surface area contributed by atoms with Gasteiger partial charge in [0.1, 0.15) is 6.61 Å². The topological polar surface area (TPSA) is 120 Å². The number of phosphoric ester groups is 1. The van der Waals surface area contributed by atoms with Gasteiger partial charge in [-0.3, -0.25) is 18.6 Å². The van der Waals surface area contributed by atoms with Crippen LogP contribution in [0.15, 0.2) is 0 Å². The molecule has 58 heavy (non-hydrogen) atoms. The van der Waals surface area contributed by atoms with Crippen molar-refractivity contribution in [2.24, 2.45) is 0 Å². The number of ether oxygens (including phenoxy) is 2. The zero-order valence-corrected chi connectivity index (χ0v) is 39.4. The first kappa shape index (κ1) is 57.0. The Hall–Kier alpha value is -0.990. The third-order valence-electron chi connectivity index (χ3n) is 11.2. The van der Waals surface area contributed by atoms with Crippen molar-refractivity contribution in [1.29, 1.82) is 0 Å². The lowest BCUT2D eigenvalue weighted by atomic mass is 10.0. The van der Waals surface area contributed by atoms with Crippen molar-refractivity contribution in [1.82, 2.24) is 5.32 Å². The zero-order valence-electron chi connectivity index (χ0n) is 38.5. The van der Waals surface area contributed by atoms with E-state index in [4.69, 9.17) is 18.5 Å². The number of phosphoric acid groups is 1. The predicted octanol–water partition coefficient (Wildman–Crippen LogP) is 14.7. The number of nitrogens with one attached hydrogen (secondary N) is 1. The summed E-state index contributed by atoms with van der Waals surface area (Å²) >= 11 is 0. The molecule has 2 unspecified atom stereocenters. The summed E-state index contributed by atoms with van der Waals surface area (Å²) in [7, 11) is -2.64. The van der Waals surface area contributed by atoms with E-state index in [1.165, 1.54) is 193 Å². The number of unbranched alkanes of at least 4 members (excludes halogenated alkanes) is 34. The maximum absolute atomic E-state index is 12.7. The number of hydrogen-bond donors (Lipinski definition) is 2. The minimum Gasteiger partial charge on any atom is -0.462 e. The van der Waals surface area contributed by atoms with Crippen molar-refractivity contribution in [2.75, 3.05) is 33.4 Å². The molecular formula is C48H96NO8P. The molecule has 0 aliphatic rings. The summed E-state index contributed by atoms with van der Waals surface area (Å²) in [6.07, 6.45) is 45.8. The summed E-state index contributed by atoms with van der Waals surface area (Å²) in [5.41, 5.74) is 0. The third kappa shape index (κ3) is 44.6. The fourth-order valence-electron chi connectivity index (χ4n) is 7.44. The van der Waals surface area contributed by atoms with Crippen LogP contribution in [0.2, 0.25) is 0 Å². The van der Waals surface area contributed by atoms with E-state index in [0.717, 1.165) is 38.5 Å². The average Bonchev–Trinajstić information content (AvgIpc) is 3.21. The maximum Gasteiger partial charge on any atom is 0.472 e. The summed E-state index contributed by atoms with van der Waals surface area (Å²) in [5.74, 6) is -0.786. The van der Waals surface area contributed by atoms with Crippen molar-refractivity contribution in [3.8, 4) is 0 Å². The van der Waals surface area contributed by atoms with Crippen LogP contribution in [-0.2, 0) is 32.7 Å². The van der Waals surface area contributed by atoms with E-state index in [-0.39, 0.29) is 25.6 Å². The third-order valence-corrected chi connectivity index (χ3v) is 12.2. The van der Waals surface area contributed by atoms with Crippen molar-refractivity contribution < 1.29 is 37.6 Å². The lowest BCUT2D eigenvalue weighted by Gasteiger charge is -2.20. The van der Waals surface area contributed by atoms with Crippen LogP contribution in [0.4, 0.5) is 0 Å².